The van der Waals surface area contributed by atoms with Crippen molar-refractivity contribution in [1.82, 2.24) is 10.3 Å². The maximum absolute atomic E-state index is 5.94. The van der Waals surface area contributed by atoms with Gasteiger partial charge in [-0.1, -0.05) is 13.8 Å². The molecule has 4 nitrogen and oxygen atoms in total. The van der Waals surface area contributed by atoms with Crippen LogP contribution in [0.3, 0.4) is 0 Å². The highest BCUT2D eigenvalue weighted by molar-refractivity contribution is 4.88. The normalized spacial score (nSPS) is 18.7. The second kappa shape index (κ2) is 5.54. The number of rotatable bonds is 6. The molecule has 0 aliphatic heterocycles. The monoisotopic (exact) mass is 188 g/mol. The third-order valence-corrected chi connectivity index (χ3v) is 2.48. The molecule has 0 aliphatic rings. The summed E-state index contributed by atoms with van der Waals surface area (Å²) in [5, 5.41) is 5.11. The van der Waals surface area contributed by atoms with Crippen LogP contribution >= 0.6 is 0 Å². The molecule has 4 heteroatoms. The summed E-state index contributed by atoms with van der Waals surface area (Å²) in [7, 11) is 0. The molecule has 2 atom stereocenters. The fourth-order valence-electron chi connectivity index (χ4n) is 1.36. The molecule has 5 N–H and O–H groups in total. The summed E-state index contributed by atoms with van der Waals surface area (Å²) < 4.78 is 0. The molecule has 0 bridgehead atoms. The molecule has 0 saturated heterocycles. The van der Waals surface area contributed by atoms with E-state index in [1.165, 1.54) is 0 Å². The summed E-state index contributed by atoms with van der Waals surface area (Å²) in [6.45, 7) is 9.89. The highest BCUT2D eigenvalue weighted by Gasteiger charge is 2.32. The van der Waals surface area contributed by atoms with Crippen LogP contribution in [-0.2, 0) is 0 Å². The molecule has 0 aromatic carbocycles. The highest BCUT2D eigenvalue weighted by atomic mass is 15.5. The predicted octanol–water partition coefficient (Wildman–Crippen LogP) is 0.245. The van der Waals surface area contributed by atoms with Gasteiger partial charge in [0.1, 0.15) is 0 Å². The van der Waals surface area contributed by atoms with Gasteiger partial charge in [-0.3, -0.25) is 11.2 Å². The molecule has 13 heavy (non-hydrogen) atoms. The van der Waals surface area contributed by atoms with Crippen LogP contribution in [0.15, 0.2) is 0 Å². The van der Waals surface area contributed by atoms with Gasteiger partial charge in [0.05, 0.1) is 5.66 Å². The minimum atomic E-state index is -0.301. The molecule has 2 unspecified atom stereocenters. The van der Waals surface area contributed by atoms with Gasteiger partial charge in [0.15, 0.2) is 0 Å². The van der Waals surface area contributed by atoms with Crippen molar-refractivity contribution in [2.45, 2.75) is 45.8 Å². The number of hydrazine groups is 1. The Kier molecular flexibility index (Phi) is 5.48. The first kappa shape index (κ1) is 12.8. The number of hydrogen-bond acceptors (Lipinski definition) is 4. The number of nitrogens with two attached hydrogens (primary N) is 2. The van der Waals surface area contributed by atoms with E-state index in [0.29, 0.717) is 0 Å². The fraction of sp³-hybridized carbons (Fsp3) is 1.00. The molecule has 0 aromatic heterocycles. The summed E-state index contributed by atoms with van der Waals surface area (Å²) in [6, 6.07) is 0.00370. The lowest BCUT2D eigenvalue weighted by Gasteiger charge is -2.42. The number of hydrogen-bond donors (Lipinski definition) is 3. The zero-order valence-electron chi connectivity index (χ0n) is 9.30. The third kappa shape index (κ3) is 3.23. The Morgan fingerprint density at radius 3 is 2.31 bits per heavy atom. The average Bonchev–Trinajstić information content (AvgIpc) is 2.04. The van der Waals surface area contributed by atoms with Crippen molar-refractivity contribution < 1.29 is 0 Å². The van der Waals surface area contributed by atoms with E-state index in [1.54, 1.807) is 5.01 Å². The Hall–Kier alpha value is -0.160. The summed E-state index contributed by atoms with van der Waals surface area (Å²) in [4.78, 5) is 0. The molecule has 0 aliphatic carbocycles. The molecule has 0 aromatic rings. The molecular weight excluding hydrogens is 164 g/mol. The summed E-state index contributed by atoms with van der Waals surface area (Å²) >= 11 is 0. The van der Waals surface area contributed by atoms with Crippen LogP contribution in [-0.4, -0.2) is 29.8 Å². The van der Waals surface area contributed by atoms with E-state index in [1.807, 2.05) is 13.8 Å². The maximum atomic E-state index is 5.94. The minimum Gasteiger partial charge on any atom is -0.325 e. The Morgan fingerprint density at radius 1 is 1.46 bits per heavy atom. The van der Waals surface area contributed by atoms with E-state index in [4.69, 9.17) is 11.6 Å². The van der Waals surface area contributed by atoms with Gasteiger partial charge in [0, 0.05) is 12.6 Å². The van der Waals surface area contributed by atoms with Gasteiger partial charge >= 0.3 is 0 Å². The topological polar surface area (TPSA) is 67.3 Å². The van der Waals surface area contributed by atoms with Crippen LogP contribution in [0, 0.1) is 0 Å². The smallest absolute Gasteiger partial charge is 0.0964 e. The van der Waals surface area contributed by atoms with Crippen LogP contribution in [0.5, 0.6) is 0 Å². The molecule has 0 radical (unpaired) electrons. The minimum absolute atomic E-state index is 0.00370. The third-order valence-electron chi connectivity index (χ3n) is 2.48. The van der Waals surface area contributed by atoms with Crippen LogP contribution in [0.2, 0.25) is 0 Å². The highest BCUT2D eigenvalue weighted by Crippen LogP contribution is 2.11. The number of nitrogens with one attached hydrogen (secondary N) is 1. The SMILES string of the molecule is CCCN(N)C(C)(NCC)C(C)N. The van der Waals surface area contributed by atoms with Crippen LogP contribution in [0.4, 0.5) is 0 Å². The fourth-order valence-corrected chi connectivity index (χ4v) is 1.36. The van der Waals surface area contributed by atoms with Crippen LogP contribution in [0.1, 0.15) is 34.1 Å². The van der Waals surface area contributed by atoms with Gasteiger partial charge < -0.3 is 5.73 Å². The van der Waals surface area contributed by atoms with Gasteiger partial charge in [0.2, 0.25) is 0 Å². The van der Waals surface area contributed by atoms with Gasteiger partial charge in [-0.05, 0) is 26.8 Å². The molecule has 0 fully saturated rings. The molecular formula is C9H24N4. The van der Waals surface area contributed by atoms with Gasteiger partial charge in [0.25, 0.3) is 0 Å². The zero-order valence-corrected chi connectivity index (χ0v) is 9.30. The first-order valence-corrected chi connectivity index (χ1v) is 5.02. The van der Waals surface area contributed by atoms with Gasteiger partial charge in [-0.25, -0.2) is 5.01 Å². The molecule has 0 spiro atoms. The van der Waals surface area contributed by atoms with E-state index < -0.39 is 0 Å². The summed E-state index contributed by atoms with van der Waals surface area (Å²) in [5.41, 5.74) is 5.60. The maximum Gasteiger partial charge on any atom is 0.0964 e. The van der Waals surface area contributed by atoms with E-state index in [-0.39, 0.29) is 11.7 Å². The first-order chi connectivity index (χ1) is 5.99. The van der Waals surface area contributed by atoms with Crippen LogP contribution in [0.25, 0.3) is 0 Å². The predicted molar refractivity (Wildman–Crippen MR) is 56.9 cm³/mol. The second-order valence-corrected chi connectivity index (χ2v) is 3.66. The number of likely N-dealkylation sites (N-methyl/N-ethyl adjacent to an activating group) is 1. The van der Waals surface area contributed by atoms with E-state index in [0.717, 1.165) is 19.5 Å². The lowest BCUT2D eigenvalue weighted by Crippen LogP contribution is -2.68. The van der Waals surface area contributed by atoms with Crippen molar-refractivity contribution in [3.8, 4) is 0 Å². The summed E-state index contributed by atoms with van der Waals surface area (Å²) in [6.07, 6.45) is 1.03. The molecule has 80 valence electrons. The van der Waals surface area contributed by atoms with Crippen molar-refractivity contribution in [3.63, 3.8) is 0 Å². The molecule has 0 heterocycles. The molecule has 0 saturated carbocycles. The lowest BCUT2D eigenvalue weighted by molar-refractivity contribution is 0.0518. The lowest BCUT2D eigenvalue weighted by atomic mass is 10.0. The van der Waals surface area contributed by atoms with Crippen molar-refractivity contribution in [1.29, 1.82) is 0 Å². The van der Waals surface area contributed by atoms with Gasteiger partial charge in [-0.2, -0.15) is 0 Å². The Balaban J connectivity index is 4.37. The quantitative estimate of drug-likeness (QED) is 0.317. The Bertz CT molecular complexity index is 138. The number of nitrogens with zero attached hydrogens (tertiary/aromatic N) is 1. The largest absolute Gasteiger partial charge is 0.325 e. The second-order valence-electron chi connectivity index (χ2n) is 3.66. The van der Waals surface area contributed by atoms with E-state index >= 15 is 0 Å². The van der Waals surface area contributed by atoms with E-state index in [9.17, 15) is 0 Å². The van der Waals surface area contributed by atoms with Gasteiger partial charge in [-0.15, -0.1) is 0 Å². The van der Waals surface area contributed by atoms with Crippen molar-refractivity contribution in [2.24, 2.45) is 11.6 Å². The zero-order chi connectivity index (χ0) is 10.5. The molecule has 0 rings (SSSR count). The van der Waals surface area contributed by atoms with Crippen LogP contribution < -0.4 is 16.9 Å². The first-order valence-electron chi connectivity index (χ1n) is 5.02. The standard InChI is InChI=1S/C9H24N4/c1-5-7-13(11)9(4,8(3)10)12-6-2/h8,12H,5-7,10-11H2,1-4H3. The Labute approximate surface area is 81.6 Å². The summed E-state index contributed by atoms with van der Waals surface area (Å²) in [5.74, 6) is 5.94. The van der Waals surface area contributed by atoms with E-state index in [2.05, 4.69) is 19.2 Å². The molecule has 0 amide bonds. The van der Waals surface area contributed by atoms with Crippen molar-refractivity contribution in [2.75, 3.05) is 13.1 Å². The van der Waals surface area contributed by atoms with Crippen molar-refractivity contribution in [3.05, 3.63) is 0 Å². The van der Waals surface area contributed by atoms with Crippen molar-refractivity contribution >= 4 is 0 Å². The Morgan fingerprint density at radius 2 is 2.00 bits per heavy atom. The average molecular weight is 188 g/mol.